The Labute approximate surface area is 163 Å². The standard InChI is InChI=1S/C19H16F3N5O2/c1-28-15-7-3-6-12(16(15)29-2)14-9-13(11-5-4-8-23-10-11)24-18-25-17(19(20,21)22)26-27(14)18/h3-10,14H,1-2H3,(H,24,25,26)/t14-/m1/s1. The zero-order valence-corrected chi connectivity index (χ0v) is 15.4. The van der Waals surface area contributed by atoms with E-state index in [4.69, 9.17) is 9.47 Å². The van der Waals surface area contributed by atoms with Crippen molar-refractivity contribution in [1.82, 2.24) is 19.7 Å². The first-order chi connectivity index (χ1) is 13.9. The molecule has 1 aliphatic rings. The van der Waals surface area contributed by atoms with E-state index in [1.807, 2.05) is 0 Å². The van der Waals surface area contributed by atoms with Gasteiger partial charge in [0.15, 0.2) is 11.5 Å². The molecule has 0 saturated heterocycles. The van der Waals surface area contributed by atoms with Crippen LogP contribution in [-0.4, -0.2) is 34.0 Å². The third kappa shape index (κ3) is 3.37. The number of nitrogens with one attached hydrogen (secondary N) is 1. The van der Waals surface area contributed by atoms with Gasteiger partial charge in [-0.05, 0) is 24.3 Å². The monoisotopic (exact) mass is 403 g/mol. The van der Waals surface area contributed by atoms with Crippen molar-refractivity contribution < 1.29 is 22.6 Å². The fourth-order valence-corrected chi connectivity index (χ4v) is 3.17. The fourth-order valence-electron chi connectivity index (χ4n) is 3.17. The number of pyridine rings is 1. The minimum Gasteiger partial charge on any atom is -0.493 e. The molecular formula is C19H16F3N5O2. The Bertz CT molecular complexity index is 1060. The van der Waals surface area contributed by atoms with Crippen molar-refractivity contribution >= 4 is 11.6 Å². The highest BCUT2D eigenvalue weighted by atomic mass is 19.4. The minimum absolute atomic E-state index is 0.0337. The summed E-state index contributed by atoms with van der Waals surface area (Å²) < 4.78 is 51.7. The van der Waals surface area contributed by atoms with Crippen LogP contribution >= 0.6 is 0 Å². The highest BCUT2D eigenvalue weighted by molar-refractivity contribution is 5.77. The number of benzene rings is 1. The maximum Gasteiger partial charge on any atom is 0.453 e. The number of para-hydroxylation sites is 1. The van der Waals surface area contributed by atoms with Crippen molar-refractivity contribution in [1.29, 1.82) is 0 Å². The Morgan fingerprint density at radius 3 is 2.59 bits per heavy atom. The van der Waals surface area contributed by atoms with Crippen LogP contribution in [0.2, 0.25) is 0 Å². The largest absolute Gasteiger partial charge is 0.493 e. The highest BCUT2D eigenvalue weighted by Crippen LogP contribution is 2.41. The number of hydrogen-bond acceptors (Lipinski definition) is 6. The molecular weight excluding hydrogens is 387 g/mol. The van der Waals surface area contributed by atoms with Crippen LogP contribution in [0.25, 0.3) is 5.70 Å². The van der Waals surface area contributed by atoms with Crippen LogP contribution in [0.4, 0.5) is 19.1 Å². The Kier molecular flexibility index (Phi) is 4.61. The molecule has 4 rings (SSSR count). The Hall–Kier alpha value is -3.56. The van der Waals surface area contributed by atoms with E-state index < -0.39 is 18.0 Å². The molecule has 0 radical (unpaired) electrons. The molecule has 1 atom stereocenters. The lowest BCUT2D eigenvalue weighted by Crippen LogP contribution is -2.21. The van der Waals surface area contributed by atoms with E-state index in [9.17, 15) is 13.2 Å². The van der Waals surface area contributed by atoms with E-state index in [2.05, 4.69) is 20.4 Å². The maximum atomic E-state index is 13.3. The SMILES string of the molecule is COc1cccc([C@H]2C=C(c3cccnc3)Nc3nc(C(F)(F)F)nn32)c1OC. The summed E-state index contributed by atoms with van der Waals surface area (Å²) in [6.45, 7) is 0. The number of methoxy groups -OCH3 is 2. The second kappa shape index (κ2) is 7.12. The van der Waals surface area contributed by atoms with Crippen LogP contribution in [0.1, 0.15) is 23.0 Å². The number of ether oxygens (including phenoxy) is 2. The normalized spacial score (nSPS) is 15.9. The van der Waals surface area contributed by atoms with Gasteiger partial charge in [-0.2, -0.15) is 18.2 Å². The van der Waals surface area contributed by atoms with E-state index in [1.165, 1.54) is 18.9 Å². The van der Waals surface area contributed by atoms with Crippen LogP contribution in [0.3, 0.4) is 0 Å². The summed E-state index contributed by atoms with van der Waals surface area (Å²) in [5.74, 6) is -0.405. The molecule has 1 aromatic carbocycles. The number of rotatable bonds is 4. The molecule has 10 heteroatoms. The van der Waals surface area contributed by atoms with Gasteiger partial charge in [0.2, 0.25) is 5.95 Å². The van der Waals surface area contributed by atoms with Crippen molar-refractivity contribution in [3.8, 4) is 11.5 Å². The number of halogens is 3. The van der Waals surface area contributed by atoms with Gasteiger partial charge in [-0.1, -0.05) is 12.1 Å². The smallest absolute Gasteiger partial charge is 0.453 e. The number of nitrogens with zero attached hydrogens (tertiary/aromatic N) is 4. The van der Waals surface area contributed by atoms with Crippen LogP contribution in [0, 0.1) is 0 Å². The van der Waals surface area contributed by atoms with E-state index >= 15 is 0 Å². The molecule has 0 unspecified atom stereocenters. The molecule has 3 aromatic rings. The van der Waals surface area contributed by atoms with E-state index in [1.54, 1.807) is 48.8 Å². The van der Waals surface area contributed by atoms with E-state index in [-0.39, 0.29) is 5.95 Å². The van der Waals surface area contributed by atoms with Gasteiger partial charge >= 0.3 is 6.18 Å². The number of aromatic nitrogens is 4. The first kappa shape index (κ1) is 18.8. The third-order valence-electron chi connectivity index (χ3n) is 4.44. The first-order valence-electron chi connectivity index (χ1n) is 8.56. The summed E-state index contributed by atoms with van der Waals surface area (Å²) in [6, 6.07) is 8.00. The number of allylic oxidation sites excluding steroid dienone is 1. The lowest BCUT2D eigenvalue weighted by atomic mass is 10.0. The van der Waals surface area contributed by atoms with Crippen LogP contribution in [-0.2, 0) is 6.18 Å². The summed E-state index contributed by atoms with van der Waals surface area (Å²) in [4.78, 5) is 7.72. The van der Waals surface area contributed by atoms with Gasteiger partial charge in [0.05, 0.1) is 14.2 Å². The van der Waals surface area contributed by atoms with Crippen molar-refractivity contribution in [2.75, 3.05) is 19.5 Å². The lowest BCUT2D eigenvalue weighted by Gasteiger charge is -2.25. The van der Waals surface area contributed by atoms with Gasteiger partial charge in [0, 0.05) is 29.2 Å². The summed E-state index contributed by atoms with van der Waals surface area (Å²) in [7, 11) is 2.96. The average Bonchev–Trinajstić information content (AvgIpc) is 3.18. The van der Waals surface area contributed by atoms with Crippen molar-refractivity contribution in [3.05, 3.63) is 65.8 Å². The molecule has 0 amide bonds. The molecule has 0 fully saturated rings. The topological polar surface area (TPSA) is 74.1 Å². The molecule has 0 spiro atoms. The molecule has 0 aliphatic carbocycles. The fraction of sp³-hybridized carbons (Fsp3) is 0.211. The van der Waals surface area contributed by atoms with Gasteiger partial charge < -0.3 is 14.8 Å². The predicted molar refractivity (Wildman–Crippen MR) is 98.5 cm³/mol. The molecule has 150 valence electrons. The van der Waals surface area contributed by atoms with E-state index in [0.29, 0.717) is 28.3 Å². The van der Waals surface area contributed by atoms with Crippen molar-refractivity contribution in [3.63, 3.8) is 0 Å². The Balaban J connectivity index is 1.91. The summed E-state index contributed by atoms with van der Waals surface area (Å²) in [6.07, 6.45) is 0.286. The third-order valence-corrected chi connectivity index (χ3v) is 4.44. The summed E-state index contributed by atoms with van der Waals surface area (Å²) in [5.41, 5.74) is 1.83. The molecule has 29 heavy (non-hydrogen) atoms. The van der Waals surface area contributed by atoms with Gasteiger partial charge in [0.25, 0.3) is 5.82 Å². The molecule has 0 bridgehead atoms. The highest BCUT2D eigenvalue weighted by Gasteiger charge is 2.39. The maximum absolute atomic E-state index is 13.3. The second-order valence-corrected chi connectivity index (χ2v) is 6.18. The number of anilines is 1. The first-order valence-corrected chi connectivity index (χ1v) is 8.56. The summed E-state index contributed by atoms with van der Waals surface area (Å²) in [5, 5.41) is 6.61. The molecule has 3 heterocycles. The van der Waals surface area contributed by atoms with Gasteiger partial charge in [-0.3, -0.25) is 4.98 Å². The number of alkyl halides is 3. The zero-order valence-electron chi connectivity index (χ0n) is 15.4. The molecule has 2 aromatic heterocycles. The summed E-state index contributed by atoms with van der Waals surface area (Å²) >= 11 is 0. The van der Waals surface area contributed by atoms with Gasteiger partial charge in [-0.25, -0.2) is 4.68 Å². The van der Waals surface area contributed by atoms with Crippen LogP contribution in [0.15, 0.2) is 48.8 Å². The zero-order chi connectivity index (χ0) is 20.6. The Morgan fingerprint density at radius 1 is 1.10 bits per heavy atom. The van der Waals surface area contributed by atoms with Crippen LogP contribution < -0.4 is 14.8 Å². The van der Waals surface area contributed by atoms with Crippen LogP contribution in [0.5, 0.6) is 11.5 Å². The van der Waals surface area contributed by atoms with Gasteiger partial charge in [-0.15, -0.1) is 5.10 Å². The Morgan fingerprint density at radius 2 is 1.93 bits per heavy atom. The minimum atomic E-state index is -4.68. The number of fused-ring (bicyclic) bond motifs is 1. The molecule has 1 aliphatic heterocycles. The predicted octanol–water partition coefficient (Wildman–Crippen LogP) is 3.77. The van der Waals surface area contributed by atoms with E-state index in [0.717, 1.165) is 0 Å². The quantitative estimate of drug-likeness (QED) is 0.715. The van der Waals surface area contributed by atoms with Gasteiger partial charge in [0.1, 0.15) is 6.04 Å². The second-order valence-electron chi connectivity index (χ2n) is 6.18. The van der Waals surface area contributed by atoms with Crippen molar-refractivity contribution in [2.24, 2.45) is 0 Å². The molecule has 7 nitrogen and oxygen atoms in total. The average molecular weight is 403 g/mol. The molecule has 1 N–H and O–H groups in total. The molecule has 0 saturated carbocycles. The lowest BCUT2D eigenvalue weighted by molar-refractivity contribution is -0.145. The number of hydrogen-bond donors (Lipinski definition) is 1. The van der Waals surface area contributed by atoms with Crippen molar-refractivity contribution in [2.45, 2.75) is 12.2 Å².